The predicted octanol–water partition coefficient (Wildman–Crippen LogP) is 3.30. The molecule has 0 saturated carbocycles. The summed E-state index contributed by atoms with van der Waals surface area (Å²) in [5.74, 6) is 6.79. The van der Waals surface area contributed by atoms with Crippen LogP contribution in [0, 0.1) is 0 Å². The van der Waals surface area contributed by atoms with Gasteiger partial charge in [0.1, 0.15) is 12.0 Å². The van der Waals surface area contributed by atoms with Crippen molar-refractivity contribution in [2.24, 2.45) is 10.9 Å². The van der Waals surface area contributed by atoms with E-state index in [-0.39, 0.29) is 6.17 Å². The Bertz CT molecular complexity index is 252. The largest absolute Gasteiger partial charge is 0.273 e. The summed E-state index contributed by atoms with van der Waals surface area (Å²) in [7, 11) is 0. The second-order valence-electron chi connectivity index (χ2n) is 5.32. The molecule has 106 valence electrons. The van der Waals surface area contributed by atoms with Crippen LogP contribution in [0.25, 0.3) is 0 Å². The number of nitrogens with two attached hydrogens (primary N) is 1. The van der Waals surface area contributed by atoms with Crippen molar-refractivity contribution in [2.45, 2.75) is 78.3 Å². The van der Waals surface area contributed by atoms with Crippen LogP contribution >= 0.6 is 0 Å². The van der Waals surface area contributed by atoms with E-state index >= 15 is 0 Å². The smallest absolute Gasteiger partial charge is 0.137 e. The van der Waals surface area contributed by atoms with Gasteiger partial charge in [-0.3, -0.25) is 10.0 Å². The van der Waals surface area contributed by atoms with Gasteiger partial charge in [0.15, 0.2) is 0 Å². The Morgan fingerprint density at radius 2 is 1.61 bits per heavy atom. The van der Waals surface area contributed by atoms with Gasteiger partial charge >= 0.3 is 0 Å². The Balaban J connectivity index is 1.99. The molecule has 18 heavy (non-hydrogen) atoms. The van der Waals surface area contributed by atoms with Crippen molar-refractivity contribution in [1.82, 2.24) is 10.0 Å². The van der Waals surface area contributed by atoms with Gasteiger partial charge < -0.3 is 0 Å². The number of rotatable bonds is 9. The zero-order valence-electron chi connectivity index (χ0n) is 12.4. The first-order valence-electron chi connectivity index (χ1n) is 7.52. The lowest BCUT2D eigenvalue weighted by Crippen LogP contribution is -2.44. The van der Waals surface area contributed by atoms with E-state index in [1.807, 2.05) is 6.92 Å². The Morgan fingerprint density at radius 1 is 1.06 bits per heavy atom. The molecule has 0 amide bonds. The molecule has 0 aliphatic carbocycles. The third-order valence-electron chi connectivity index (χ3n) is 3.72. The van der Waals surface area contributed by atoms with E-state index in [0.29, 0.717) is 0 Å². The zero-order valence-corrected chi connectivity index (χ0v) is 12.4. The molecule has 0 fully saturated rings. The van der Waals surface area contributed by atoms with Crippen molar-refractivity contribution in [3.63, 3.8) is 0 Å². The zero-order chi connectivity index (χ0) is 13.4. The SMILES string of the molecule is CCCCCCCCCCN1N=C(C)N(N)C1C. The Morgan fingerprint density at radius 3 is 2.11 bits per heavy atom. The number of amidine groups is 1. The molecular weight excluding hydrogens is 224 g/mol. The minimum atomic E-state index is 0.217. The summed E-state index contributed by atoms with van der Waals surface area (Å²) in [6.07, 6.45) is 11.0. The fourth-order valence-corrected chi connectivity index (χ4v) is 2.38. The number of unbranched alkanes of at least 4 members (excludes halogenated alkanes) is 7. The van der Waals surface area contributed by atoms with Crippen LogP contribution in [0.1, 0.15) is 72.1 Å². The molecule has 2 N–H and O–H groups in total. The van der Waals surface area contributed by atoms with E-state index in [4.69, 9.17) is 5.84 Å². The van der Waals surface area contributed by atoms with Gasteiger partial charge in [-0.2, -0.15) is 5.10 Å². The van der Waals surface area contributed by atoms with Crippen LogP contribution in [-0.2, 0) is 0 Å². The molecule has 1 rings (SSSR count). The normalized spacial score (nSPS) is 19.6. The minimum Gasteiger partial charge on any atom is -0.273 e. The number of hydrogen-bond donors (Lipinski definition) is 1. The summed E-state index contributed by atoms with van der Waals surface area (Å²) in [4.78, 5) is 0. The average Bonchev–Trinajstić information content (AvgIpc) is 2.60. The summed E-state index contributed by atoms with van der Waals surface area (Å²) in [5, 5.41) is 8.30. The number of nitrogens with zero attached hydrogens (tertiary/aromatic N) is 3. The Kier molecular flexibility index (Phi) is 7.09. The van der Waals surface area contributed by atoms with Gasteiger partial charge in [-0.1, -0.05) is 51.9 Å². The van der Waals surface area contributed by atoms with Gasteiger partial charge in [0.05, 0.1) is 0 Å². The molecule has 0 aromatic heterocycles. The van der Waals surface area contributed by atoms with Crippen LogP contribution in [0.4, 0.5) is 0 Å². The Labute approximate surface area is 112 Å². The standard InChI is InChI=1S/C14H30N4/c1-4-5-6-7-8-9-10-11-12-17-14(3)18(15)13(2)16-17/h14H,4-12,15H2,1-3H3. The molecule has 1 aliphatic heterocycles. The molecule has 1 atom stereocenters. The Hall–Kier alpha value is -0.770. The fourth-order valence-electron chi connectivity index (χ4n) is 2.38. The molecule has 0 aromatic rings. The van der Waals surface area contributed by atoms with Crippen molar-refractivity contribution in [3.05, 3.63) is 0 Å². The van der Waals surface area contributed by atoms with Crippen molar-refractivity contribution in [2.75, 3.05) is 6.54 Å². The highest BCUT2D eigenvalue weighted by Gasteiger charge is 2.24. The molecule has 0 aromatic carbocycles. The van der Waals surface area contributed by atoms with E-state index < -0.39 is 0 Å². The van der Waals surface area contributed by atoms with Gasteiger partial charge in [0.25, 0.3) is 0 Å². The summed E-state index contributed by atoms with van der Waals surface area (Å²) < 4.78 is 0. The monoisotopic (exact) mass is 254 g/mol. The second kappa shape index (κ2) is 8.35. The van der Waals surface area contributed by atoms with Crippen molar-refractivity contribution >= 4 is 5.84 Å². The highest BCUT2D eigenvalue weighted by atomic mass is 15.7. The van der Waals surface area contributed by atoms with Gasteiger partial charge in [0.2, 0.25) is 0 Å². The third-order valence-corrected chi connectivity index (χ3v) is 3.72. The molecule has 4 heteroatoms. The lowest BCUT2D eigenvalue weighted by molar-refractivity contribution is 0.144. The van der Waals surface area contributed by atoms with Gasteiger partial charge in [0, 0.05) is 6.54 Å². The number of hydrazine groups is 1. The van der Waals surface area contributed by atoms with E-state index in [0.717, 1.165) is 12.4 Å². The molecule has 1 heterocycles. The lowest BCUT2D eigenvalue weighted by Gasteiger charge is -2.24. The van der Waals surface area contributed by atoms with Crippen LogP contribution in [0.15, 0.2) is 5.10 Å². The number of hydrazone groups is 1. The summed E-state index contributed by atoms with van der Waals surface area (Å²) in [6.45, 7) is 7.36. The quantitative estimate of drug-likeness (QED) is 0.507. The first-order chi connectivity index (χ1) is 8.66. The van der Waals surface area contributed by atoms with Gasteiger partial charge in [-0.15, -0.1) is 0 Å². The van der Waals surface area contributed by atoms with Crippen molar-refractivity contribution in [1.29, 1.82) is 0 Å². The lowest BCUT2D eigenvalue weighted by atomic mass is 10.1. The maximum Gasteiger partial charge on any atom is 0.137 e. The van der Waals surface area contributed by atoms with E-state index in [1.54, 1.807) is 5.01 Å². The molecule has 0 bridgehead atoms. The highest BCUT2D eigenvalue weighted by Crippen LogP contribution is 2.14. The topological polar surface area (TPSA) is 44.9 Å². The third kappa shape index (κ3) is 4.84. The maximum absolute atomic E-state index is 5.87. The van der Waals surface area contributed by atoms with E-state index in [9.17, 15) is 0 Å². The van der Waals surface area contributed by atoms with Gasteiger partial charge in [-0.25, -0.2) is 5.84 Å². The molecule has 4 nitrogen and oxygen atoms in total. The van der Waals surface area contributed by atoms with Crippen molar-refractivity contribution in [3.8, 4) is 0 Å². The maximum atomic E-state index is 5.87. The van der Waals surface area contributed by atoms with Crippen LogP contribution < -0.4 is 5.84 Å². The van der Waals surface area contributed by atoms with Crippen molar-refractivity contribution < 1.29 is 0 Å². The first-order valence-corrected chi connectivity index (χ1v) is 7.52. The van der Waals surface area contributed by atoms with Crippen LogP contribution in [0.3, 0.4) is 0 Å². The molecule has 0 spiro atoms. The molecule has 1 unspecified atom stereocenters. The van der Waals surface area contributed by atoms with Crippen LogP contribution in [0.2, 0.25) is 0 Å². The van der Waals surface area contributed by atoms with E-state index in [1.165, 1.54) is 51.4 Å². The first kappa shape index (κ1) is 15.3. The molecule has 0 radical (unpaired) electrons. The summed E-state index contributed by atoms with van der Waals surface area (Å²) in [5.41, 5.74) is 0. The summed E-state index contributed by atoms with van der Waals surface area (Å²) >= 11 is 0. The minimum absolute atomic E-state index is 0.217. The van der Waals surface area contributed by atoms with E-state index in [2.05, 4.69) is 24.0 Å². The number of hydrogen-bond acceptors (Lipinski definition) is 4. The average molecular weight is 254 g/mol. The summed E-state index contributed by atoms with van der Waals surface area (Å²) in [6, 6.07) is 0. The highest BCUT2D eigenvalue weighted by molar-refractivity contribution is 5.80. The second-order valence-corrected chi connectivity index (χ2v) is 5.32. The van der Waals surface area contributed by atoms with Gasteiger partial charge in [-0.05, 0) is 20.3 Å². The molecular formula is C14H30N4. The molecule has 1 aliphatic rings. The fraction of sp³-hybridized carbons (Fsp3) is 0.929. The van der Waals surface area contributed by atoms with Crippen LogP contribution in [0.5, 0.6) is 0 Å². The predicted molar refractivity (Wildman–Crippen MR) is 77.9 cm³/mol. The van der Waals surface area contributed by atoms with Crippen LogP contribution in [-0.4, -0.2) is 28.6 Å². The molecule has 0 saturated heterocycles.